The Hall–Kier alpha value is -6.62. The molecule has 0 saturated carbocycles. The van der Waals surface area contributed by atoms with Crippen LogP contribution in [0.3, 0.4) is 0 Å². The molecule has 0 bridgehead atoms. The van der Waals surface area contributed by atoms with E-state index in [-0.39, 0.29) is 0 Å². The van der Waals surface area contributed by atoms with Crippen LogP contribution in [0.4, 0.5) is 17.1 Å². The average molecular weight is 684 g/mol. The van der Waals surface area contributed by atoms with Crippen LogP contribution in [0.15, 0.2) is 185 Å². The molecule has 3 heterocycles. The molecule has 52 heavy (non-hydrogen) atoms. The Kier molecular flexibility index (Phi) is 6.42. The molecule has 4 heteroatoms. The van der Waals surface area contributed by atoms with E-state index >= 15 is 0 Å². The first-order chi connectivity index (χ1) is 25.8. The van der Waals surface area contributed by atoms with Gasteiger partial charge in [-0.15, -0.1) is 11.3 Å². The zero-order valence-electron chi connectivity index (χ0n) is 27.9. The van der Waals surface area contributed by atoms with Gasteiger partial charge in [-0.3, -0.25) is 0 Å². The molecular formula is C48H29NO2S. The van der Waals surface area contributed by atoms with Crippen LogP contribution < -0.4 is 4.90 Å². The fraction of sp³-hybridized carbons (Fsp3) is 0. The lowest BCUT2D eigenvalue weighted by molar-refractivity contribution is 0.669. The van der Waals surface area contributed by atoms with Crippen LogP contribution >= 0.6 is 11.3 Å². The van der Waals surface area contributed by atoms with Gasteiger partial charge in [0.15, 0.2) is 0 Å². The maximum atomic E-state index is 6.78. The van der Waals surface area contributed by atoms with Crippen molar-refractivity contribution in [2.24, 2.45) is 0 Å². The molecule has 11 aromatic rings. The summed E-state index contributed by atoms with van der Waals surface area (Å²) >= 11 is 1.86. The summed E-state index contributed by atoms with van der Waals surface area (Å²) in [5, 5.41) is 6.86. The normalized spacial score (nSPS) is 11.8. The molecule has 0 aliphatic rings. The summed E-state index contributed by atoms with van der Waals surface area (Å²) < 4.78 is 15.6. The first kappa shape index (κ1) is 29.1. The number of benzene rings is 8. The van der Waals surface area contributed by atoms with Crippen LogP contribution in [0, 0.1) is 0 Å². The number of thiophene rings is 1. The molecule has 3 aromatic heterocycles. The Balaban J connectivity index is 1.23. The molecule has 0 N–H and O–H groups in total. The Labute approximate surface area is 303 Å². The number of hydrogen-bond donors (Lipinski definition) is 0. The van der Waals surface area contributed by atoms with Crippen molar-refractivity contribution in [1.82, 2.24) is 0 Å². The number of nitrogens with zero attached hydrogens (tertiary/aromatic N) is 1. The van der Waals surface area contributed by atoms with E-state index in [0.29, 0.717) is 0 Å². The van der Waals surface area contributed by atoms with Crippen molar-refractivity contribution in [3.8, 4) is 22.3 Å². The maximum Gasteiger partial charge on any atom is 0.143 e. The Morgan fingerprint density at radius 2 is 0.981 bits per heavy atom. The second kappa shape index (κ2) is 11.5. The summed E-state index contributed by atoms with van der Waals surface area (Å²) in [6.07, 6.45) is 0. The van der Waals surface area contributed by atoms with Gasteiger partial charge in [0, 0.05) is 42.9 Å². The van der Waals surface area contributed by atoms with E-state index in [1.54, 1.807) is 0 Å². The van der Waals surface area contributed by atoms with E-state index < -0.39 is 0 Å². The molecule has 0 aliphatic heterocycles. The van der Waals surface area contributed by atoms with Crippen molar-refractivity contribution < 1.29 is 8.83 Å². The van der Waals surface area contributed by atoms with E-state index in [1.165, 1.54) is 31.3 Å². The van der Waals surface area contributed by atoms with Crippen LogP contribution in [-0.4, -0.2) is 0 Å². The second-order valence-electron chi connectivity index (χ2n) is 13.2. The van der Waals surface area contributed by atoms with Crippen molar-refractivity contribution in [2.45, 2.75) is 0 Å². The van der Waals surface area contributed by atoms with E-state index in [1.807, 2.05) is 23.5 Å². The smallest absolute Gasteiger partial charge is 0.143 e. The van der Waals surface area contributed by atoms with Gasteiger partial charge in [-0.25, -0.2) is 0 Å². The predicted molar refractivity (Wildman–Crippen MR) is 219 cm³/mol. The summed E-state index contributed by atoms with van der Waals surface area (Å²) in [5.41, 5.74) is 11.4. The van der Waals surface area contributed by atoms with E-state index in [9.17, 15) is 0 Å². The van der Waals surface area contributed by atoms with Gasteiger partial charge in [0.25, 0.3) is 0 Å². The van der Waals surface area contributed by atoms with Gasteiger partial charge in [0.2, 0.25) is 0 Å². The van der Waals surface area contributed by atoms with Gasteiger partial charge in [-0.2, -0.15) is 0 Å². The minimum Gasteiger partial charge on any atom is -0.456 e. The van der Waals surface area contributed by atoms with Crippen molar-refractivity contribution >= 4 is 92.4 Å². The minimum atomic E-state index is 0.852. The summed E-state index contributed by atoms with van der Waals surface area (Å²) in [6.45, 7) is 0. The first-order valence-electron chi connectivity index (χ1n) is 17.5. The third-order valence-corrected chi connectivity index (χ3v) is 11.6. The largest absolute Gasteiger partial charge is 0.456 e. The predicted octanol–water partition coefficient (Wildman–Crippen LogP) is 14.7. The van der Waals surface area contributed by atoms with Crippen molar-refractivity contribution in [1.29, 1.82) is 0 Å². The molecular weight excluding hydrogens is 655 g/mol. The molecule has 3 nitrogen and oxygen atoms in total. The van der Waals surface area contributed by atoms with E-state index in [2.05, 4.69) is 169 Å². The molecule has 0 spiro atoms. The van der Waals surface area contributed by atoms with Crippen LogP contribution in [0.25, 0.3) is 86.3 Å². The molecule has 0 saturated heterocycles. The van der Waals surface area contributed by atoms with Crippen LogP contribution in [0.1, 0.15) is 0 Å². The number of hydrogen-bond acceptors (Lipinski definition) is 4. The Morgan fingerprint density at radius 3 is 1.81 bits per heavy atom. The number of furan rings is 2. The minimum absolute atomic E-state index is 0.852. The Bertz CT molecular complexity index is 3130. The van der Waals surface area contributed by atoms with Crippen LogP contribution in [-0.2, 0) is 0 Å². The standard InChI is InChI=1S/C48H29NO2S/c1-3-13-30(14-4-1)33-18-9-22-38-45-40(23-12-26-44(45)51-46(33)38)49(32-27-28-43-39(29-32)35-17-7-8-25-42(35)50-43)41-24-11-21-37-36-20-10-19-34(47(36)52-48(37)41)31-15-5-2-6-16-31/h1-29H. The van der Waals surface area contributed by atoms with Crippen molar-refractivity contribution in [2.75, 3.05) is 4.90 Å². The molecule has 0 amide bonds. The molecule has 0 atom stereocenters. The zero-order valence-corrected chi connectivity index (χ0v) is 28.7. The summed E-state index contributed by atoms with van der Waals surface area (Å²) in [5.74, 6) is 0. The highest BCUT2D eigenvalue weighted by Crippen LogP contribution is 2.50. The number of fused-ring (bicyclic) bond motifs is 9. The molecule has 0 radical (unpaired) electrons. The molecule has 8 aromatic carbocycles. The van der Waals surface area contributed by atoms with Gasteiger partial charge >= 0.3 is 0 Å². The molecule has 0 unspecified atom stereocenters. The van der Waals surface area contributed by atoms with Gasteiger partial charge in [-0.1, -0.05) is 133 Å². The summed E-state index contributed by atoms with van der Waals surface area (Å²) in [4.78, 5) is 2.42. The molecule has 244 valence electrons. The number of rotatable bonds is 5. The van der Waals surface area contributed by atoms with Gasteiger partial charge < -0.3 is 13.7 Å². The Morgan fingerprint density at radius 1 is 0.385 bits per heavy atom. The lowest BCUT2D eigenvalue weighted by Crippen LogP contribution is -2.10. The fourth-order valence-corrected chi connectivity index (χ4v) is 9.29. The first-order valence-corrected chi connectivity index (χ1v) is 18.3. The van der Waals surface area contributed by atoms with Crippen molar-refractivity contribution in [3.63, 3.8) is 0 Å². The fourth-order valence-electron chi connectivity index (χ4n) is 7.95. The average Bonchev–Trinajstić information content (AvgIpc) is 3.90. The lowest BCUT2D eigenvalue weighted by Gasteiger charge is -2.27. The van der Waals surface area contributed by atoms with Crippen LogP contribution in [0.5, 0.6) is 0 Å². The van der Waals surface area contributed by atoms with Gasteiger partial charge in [0.05, 0.1) is 21.5 Å². The zero-order chi connectivity index (χ0) is 34.2. The summed E-state index contributed by atoms with van der Waals surface area (Å²) in [6, 6.07) is 62.4. The van der Waals surface area contributed by atoms with E-state index in [0.717, 1.165) is 72.1 Å². The van der Waals surface area contributed by atoms with E-state index in [4.69, 9.17) is 8.83 Å². The lowest BCUT2D eigenvalue weighted by atomic mass is 10.0. The number of para-hydroxylation sites is 2. The van der Waals surface area contributed by atoms with Gasteiger partial charge in [0.1, 0.15) is 22.3 Å². The highest BCUT2D eigenvalue weighted by Gasteiger charge is 2.24. The highest BCUT2D eigenvalue weighted by atomic mass is 32.1. The highest BCUT2D eigenvalue weighted by molar-refractivity contribution is 7.27. The monoisotopic (exact) mass is 683 g/mol. The number of anilines is 3. The maximum absolute atomic E-state index is 6.78. The quantitative estimate of drug-likeness (QED) is 0.181. The van der Waals surface area contributed by atoms with Gasteiger partial charge in [-0.05, 0) is 59.2 Å². The SMILES string of the molecule is c1ccc(-c2cccc3c2oc2cccc(N(c4ccc5oc6ccccc6c5c4)c4cccc5c4sc4c(-c6ccccc6)cccc45)c23)cc1. The molecule has 11 rings (SSSR count). The van der Waals surface area contributed by atoms with Crippen LogP contribution in [0.2, 0.25) is 0 Å². The third-order valence-electron chi connectivity index (χ3n) is 10.3. The molecule has 0 fully saturated rings. The second-order valence-corrected chi connectivity index (χ2v) is 14.2. The topological polar surface area (TPSA) is 29.5 Å². The molecule has 0 aliphatic carbocycles. The third kappa shape index (κ3) is 4.38. The van der Waals surface area contributed by atoms with Crippen molar-refractivity contribution in [3.05, 3.63) is 176 Å². The summed E-state index contributed by atoms with van der Waals surface area (Å²) in [7, 11) is 0.